The van der Waals surface area contributed by atoms with Gasteiger partial charge in [0.15, 0.2) is 0 Å². The van der Waals surface area contributed by atoms with Gasteiger partial charge in [0.1, 0.15) is 11.3 Å². The Hall–Kier alpha value is -2.78. The molecule has 2 aromatic heterocycles. The van der Waals surface area contributed by atoms with Crippen molar-refractivity contribution in [3.8, 4) is 11.4 Å². The van der Waals surface area contributed by atoms with Gasteiger partial charge in [-0.3, -0.25) is 14.6 Å². The first kappa shape index (κ1) is 21.7. The number of benzene rings is 2. The Morgan fingerprint density at radius 1 is 1.09 bits per heavy atom. The van der Waals surface area contributed by atoms with Gasteiger partial charge in [-0.15, -0.1) is 11.3 Å². The number of carbonyl (C=O) groups excluding carboxylic acids is 1. The van der Waals surface area contributed by atoms with Crippen molar-refractivity contribution in [2.24, 2.45) is 0 Å². The van der Waals surface area contributed by atoms with E-state index in [2.05, 4.69) is 25.1 Å². The topological polar surface area (TPSA) is 68.4 Å². The van der Waals surface area contributed by atoms with E-state index in [9.17, 15) is 4.79 Å². The van der Waals surface area contributed by atoms with E-state index >= 15 is 0 Å². The number of nitrogens with zero attached hydrogens (tertiary/aromatic N) is 5. The highest BCUT2D eigenvalue weighted by Crippen LogP contribution is 2.29. The molecule has 7 nitrogen and oxygen atoms in total. The second-order valence-corrected chi connectivity index (χ2v) is 10.0. The van der Waals surface area contributed by atoms with E-state index in [1.807, 2.05) is 52.9 Å². The van der Waals surface area contributed by atoms with Crippen LogP contribution in [0.5, 0.6) is 0 Å². The Labute approximate surface area is 207 Å². The van der Waals surface area contributed by atoms with Gasteiger partial charge in [-0.2, -0.15) is 0 Å². The number of amides is 1. The number of likely N-dealkylation sites (tertiary alicyclic amines) is 1. The second-order valence-electron chi connectivity index (χ2n) is 8.92. The zero-order valence-electron chi connectivity index (χ0n) is 18.7. The molecule has 6 rings (SSSR count). The van der Waals surface area contributed by atoms with Crippen molar-refractivity contribution in [2.75, 3.05) is 39.3 Å². The average Bonchev–Trinajstić information content (AvgIpc) is 3.49. The number of thiazole rings is 1. The number of H-pyrrole nitrogens is 1. The molecule has 0 unspecified atom stereocenters. The smallest absolute Gasteiger partial charge is 0.256 e. The zero-order chi connectivity index (χ0) is 23.1. The first-order chi connectivity index (χ1) is 16.7. The molecule has 0 aliphatic carbocycles. The maximum atomic E-state index is 13.3. The number of carbonyl (C=O) groups is 1. The van der Waals surface area contributed by atoms with Crippen molar-refractivity contribution >= 4 is 39.9 Å². The lowest BCUT2D eigenvalue weighted by Crippen LogP contribution is -2.64. The molecule has 0 spiro atoms. The van der Waals surface area contributed by atoms with Gasteiger partial charge in [-0.05, 0) is 24.3 Å². The lowest BCUT2D eigenvalue weighted by Gasteiger charge is -2.48. The average molecular weight is 493 g/mol. The first-order valence-corrected chi connectivity index (χ1v) is 12.8. The van der Waals surface area contributed by atoms with Crippen LogP contribution >= 0.6 is 22.9 Å². The molecule has 2 fully saturated rings. The Morgan fingerprint density at radius 3 is 2.68 bits per heavy atom. The summed E-state index contributed by atoms with van der Waals surface area (Å²) in [6, 6.07) is 13.7. The molecule has 4 aromatic rings. The molecule has 9 heteroatoms. The summed E-state index contributed by atoms with van der Waals surface area (Å²) in [7, 11) is 0. The van der Waals surface area contributed by atoms with Crippen LogP contribution in [0.15, 0.2) is 53.4 Å². The number of imidazole rings is 1. The summed E-state index contributed by atoms with van der Waals surface area (Å²) in [5.74, 6) is 0.721. The molecule has 2 aliphatic heterocycles. The predicted molar refractivity (Wildman–Crippen MR) is 135 cm³/mol. The van der Waals surface area contributed by atoms with Crippen molar-refractivity contribution in [2.45, 2.75) is 12.6 Å². The van der Waals surface area contributed by atoms with Crippen molar-refractivity contribution in [3.63, 3.8) is 0 Å². The highest BCUT2D eigenvalue weighted by molar-refractivity contribution is 7.07. The fourth-order valence-electron chi connectivity index (χ4n) is 4.84. The number of piperazine rings is 1. The number of rotatable bonds is 5. The molecule has 2 saturated heterocycles. The SMILES string of the molecule is O=C(c1cccc2[nH]c(-c3ccccc3Cl)nc12)N1CC(N2CCN(Cc3cscn3)CC2)C1. The fourth-order valence-corrected chi connectivity index (χ4v) is 5.61. The molecule has 0 radical (unpaired) electrons. The van der Waals surface area contributed by atoms with E-state index in [0.29, 0.717) is 28.0 Å². The van der Waals surface area contributed by atoms with Gasteiger partial charge in [-0.1, -0.05) is 29.8 Å². The summed E-state index contributed by atoms with van der Waals surface area (Å²) in [5.41, 5.74) is 6.06. The van der Waals surface area contributed by atoms with E-state index in [4.69, 9.17) is 16.6 Å². The molecule has 174 valence electrons. The van der Waals surface area contributed by atoms with Gasteiger partial charge in [0, 0.05) is 62.8 Å². The normalized spacial score (nSPS) is 17.9. The molecule has 0 atom stereocenters. The Balaban J connectivity index is 1.10. The van der Waals surface area contributed by atoms with Crippen molar-refractivity contribution in [3.05, 3.63) is 69.6 Å². The van der Waals surface area contributed by atoms with Gasteiger partial charge >= 0.3 is 0 Å². The van der Waals surface area contributed by atoms with Crippen LogP contribution in [-0.2, 0) is 6.54 Å². The summed E-state index contributed by atoms with van der Waals surface area (Å²) in [5, 5.41) is 2.76. The number of para-hydroxylation sites is 1. The quantitative estimate of drug-likeness (QED) is 0.456. The van der Waals surface area contributed by atoms with Crippen LogP contribution in [0.1, 0.15) is 16.1 Å². The van der Waals surface area contributed by atoms with Gasteiger partial charge in [-0.25, -0.2) is 9.97 Å². The number of hydrogen-bond donors (Lipinski definition) is 1. The number of aromatic amines is 1. The molecule has 0 saturated carbocycles. The molecule has 2 aromatic carbocycles. The summed E-state index contributed by atoms with van der Waals surface area (Å²) >= 11 is 8.01. The summed E-state index contributed by atoms with van der Waals surface area (Å²) in [4.78, 5) is 32.7. The molecule has 4 heterocycles. The molecule has 0 bridgehead atoms. The number of fused-ring (bicyclic) bond motifs is 1. The summed E-state index contributed by atoms with van der Waals surface area (Å²) < 4.78 is 0. The highest BCUT2D eigenvalue weighted by Gasteiger charge is 2.37. The Kier molecular flexibility index (Phi) is 5.82. The third kappa shape index (κ3) is 4.11. The second kappa shape index (κ2) is 9.11. The number of hydrogen-bond acceptors (Lipinski definition) is 6. The van der Waals surface area contributed by atoms with Crippen LogP contribution in [0.25, 0.3) is 22.4 Å². The van der Waals surface area contributed by atoms with E-state index < -0.39 is 0 Å². The van der Waals surface area contributed by atoms with E-state index in [1.54, 1.807) is 11.3 Å². The van der Waals surface area contributed by atoms with Gasteiger partial charge in [0.25, 0.3) is 5.91 Å². The van der Waals surface area contributed by atoms with Crippen molar-refractivity contribution in [1.82, 2.24) is 29.7 Å². The molecule has 2 aliphatic rings. The van der Waals surface area contributed by atoms with E-state index in [0.717, 1.165) is 62.6 Å². The van der Waals surface area contributed by atoms with Gasteiger partial charge in [0.2, 0.25) is 0 Å². The number of nitrogens with one attached hydrogen (secondary N) is 1. The minimum Gasteiger partial charge on any atom is -0.338 e. The van der Waals surface area contributed by atoms with Gasteiger partial charge in [0.05, 0.1) is 27.3 Å². The first-order valence-electron chi connectivity index (χ1n) is 11.5. The van der Waals surface area contributed by atoms with Crippen LogP contribution in [-0.4, -0.2) is 80.9 Å². The van der Waals surface area contributed by atoms with Gasteiger partial charge < -0.3 is 9.88 Å². The molecule has 1 N–H and O–H groups in total. The van der Waals surface area contributed by atoms with Crippen LogP contribution < -0.4 is 0 Å². The van der Waals surface area contributed by atoms with Crippen molar-refractivity contribution in [1.29, 1.82) is 0 Å². The zero-order valence-corrected chi connectivity index (χ0v) is 20.2. The lowest BCUT2D eigenvalue weighted by atomic mass is 10.0. The van der Waals surface area contributed by atoms with E-state index in [-0.39, 0.29) is 5.91 Å². The van der Waals surface area contributed by atoms with Crippen LogP contribution in [0.3, 0.4) is 0 Å². The maximum Gasteiger partial charge on any atom is 0.256 e. The Bertz CT molecular complexity index is 1310. The number of aromatic nitrogens is 3. The molecular formula is C25H25ClN6OS. The maximum absolute atomic E-state index is 13.3. The molecule has 34 heavy (non-hydrogen) atoms. The largest absolute Gasteiger partial charge is 0.338 e. The van der Waals surface area contributed by atoms with Crippen LogP contribution in [0, 0.1) is 0 Å². The fraction of sp³-hybridized carbons (Fsp3) is 0.320. The monoisotopic (exact) mass is 492 g/mol. The summed E-state index contributed by atoms with van der Waals surface area (Å²) in [6.45, 7) is 6.61. The van der Waals surface area contributed by atoms with Crippen molar-refractivity contribution < 1.29 is 4.79 Å². The molecular weight excluding hydrogens is 468 g/mol. The lowest BCUT2D eigenvalue weighted by molar-refractivity contribution is 0.00644. The third-order valence-corrected chi connectivity index (χ3v) is 7.78. The summed E-state index contributed by atoms with van der Waals surface area (Å²) in [6.07, 6.45) is 0. The third-order valence-electron chi connectivity index (χ3n) is 6.81. The van der Waals surface area contributed by atoms with Crippen LogP contribution in [0.4, 0.5) is 0 Å². The van der Waals surface area contributed by atoms with E-state index in [1.165, 1.54) is 0 Å². The Morgan fingerprint density at radius 2 is 1.91 bits per heavy atom. The highest BCUT2D eigenvalue weighted by atomic mass is 35.5. The minimum absolute atomic E-state index is 0.0428. The predicted octanol–water partition coefficient (Wildman–Crippen LogP) is 3.98. The van der Waals surface area contributed by atoms with Crippen LogP contribution in [0.2, 0.25) is 5.02 Å². The number of halogens is 1. The minimum atomic E-state index is 0.0428. The molecule has 1 amide bonds. The standard InChI is InChI=1S/C25H25ClN6OS/c26-21-6-2-1-4-19(21)24-28-22-7-3-5-20(23(22)29-24)25(33)32-13-18(14-32)31-10-8-30(9-11-31)12-17-15-34-16-27-17/h1-7,15-16,18H,8-14H2,(H,28,29).